The van der Waals surface area contributed by atoms with Gasteiger partial charge in [-0.15, -0.1) is 0 Å². The Morgan fingerprint density at radius 2 is 2.33 bits per heavy atom. The number of aliphatic imine (C=N–C) groups is 1. The number of hydrogen-bond donors (Lipinski definition) is 3. The van der Waals surface area contributed by atoms with E-state index in [1.54, 1.807) is 7.11 Å². The normalized spacial score (nSPS) is 13.3. The number of ether oxygens (including phenoxy) is 1. The Morgan fingerprint density at radius 3 is 2.89 bits per heavy atom. The van der Waals surface area contributed by atoms with Crippen molar-refractivity contribution in [1.82, 2.24) is 5.43 Å². The van der Waals surface area contributed by atoms with Crippen LogP contribution in [0, 0.1) is 5.82 Å². The first kappa shape index (κ1) is 14.7. The minimum Gasteiger partial charge on any atom is -0.382 e. The Hall–Kier alpha value is -1.37. The molecule has 1 unspecified atom stereocenters. The molecule has 100 valence electrons. The van der Waals surface area contributed by atoms with Crippen molar-refractivity contribution in [3.05, 3.63) is 29.0 Å². The summed E-state index contributed by atoms with van der Waals surface area (Å²) >= 11 is 5.67. The average molecular weight is 275 g/mol. The molecule has 1 atom stereocenters. The van der Waals surface area contributed by atoms with Crippen LogP contribution in [0.1, 0.15) is 6.92 Å². The monoisotopic (exact) mass is 274 g/mol. The summed E-state index contributed by atoms with van der Waals surface area (Å²) in [7, 11) is 1.59. The van der Waals surface area contributed by atoms with Crippen molar-refractivity contribution < 1.29 is 9.13 Å². The van der Waals surface area contributed by atoms with E-state index in [2.05, 4.69) is 15.7 Å². The first-order chi connectivity index (χ1) is 8.56. The highest BCUT2D eigenvalue weighted by atomic mass is 35.5. The van der Waals surface area contributed by atoms with Crippen molar-refractivity contribution in [3.8, 4) is 0 Å². The molecule has 0 radical (unpaired) electrons. The maximum absolute atomic E-state index is 13.0. The molecule has 0 saturated heterocycles. The van der Waals surface area contributed by atoms with Crippen LogP contribution in [0.2, 0.25) is 5.02 Å². The summed E-state index contributed by atoms with van der Waals surface area (Å²) in [5.74, 6) is 5.21. The molecule has 7 heteroatoms. The molecule has 4 N–H and O–H groups in total. The van der Waals surface area contributed by atoms with Gasteiger partial charge in [-0.2, -0.15) is 0 Å². The summed E-state index contributed by atoms with van der Waals surface area (Å²) in [5, 5.41) is 2.92. The van der Waals surface area contributed by atoms with Crippen LogP contribution >= 0.6 is 11.6 Å². The topological polar surface area (TPSA) is 71.7 Å². The first-order valence-electron chi connectivity index (χ1n) is 5.32. The number of benzene rings is 1. The Kier molecular flexibility index (Phi) is 5.84. The van der Waals surface area contributed by atoms with Crippen LogP contribution in [0.4, 0.5) is 10.1 Å². The Balaban J connectivity index is 2.76. The summed E-state index contributed by atoms with van der Waals surface area (Å²) in [6, 6.07) is 4.18. The zero-order valence-electron chi connectivity index (χ0n) is 10.2. The van der Waals surface area contributed by atoms with E-state index in [0.717, 1.165) is 0 Å². The molecule has 18 heavy (non-hydrogen) atoms. The van der Waals surface area contributed by atoms with E-state index in [0.29, 0.717) is 18.3 Å². The molecule has 0 bridgehead atoms. The first-order valence-corrected chi connectivity index (χ1v) is 5.70. The third-order valence-electron chi connectivity index (χ3n) is 2.08. The van der Waals surface area contributed by atoms with E-state index in [4.69, 9.17) is 22.2 Å². The number of nitrogens with one attached hydrogen (secondary N) is 2. The van der Waals surface area contributed by atoms with E-state index in [9.17, 15) is 4.39 Å². The SMILES string of the molecule is COCC(C)N=C(NN)Nc1ccc(F)c(Cl)c1. The minimum absolute atomic E-state index is 0.0290. The molecular formula is C11H16ClFN4O. The Morgan fingerprint density at radius 1 is 1.61 bits per heavy atom. The van der Waals surface area contributed by atoms with Crippen LogP contribution in [-0.2, 0) is 4.74 Å². The number of guanidine groups is 1. The van der Waals surface area contributed by atoms with E-state index < -0.39 is 5.82 Å². The Labute approximate surface area is 110 Å². The highest BCUT2D eigenvalue weighted by molar-refractivity contribution is 6.31. The number of hydrogen-bond acceptors (Lipinski definition) is 3. The quantitative estimate of drug-likeness (QED) is 0.339. The molecule has 1 aromatic rings. The fourth-order valence-corrected chi connectivity index (χ4v) is 1.50. The second-order valence-corrected chi connectivity index (χ2v) is 4.09. The fourth-order valence-electron chi connectivity index (χ4n) is 1.32. The van der Waals surface area contributed by atoms with Crippen LogP contribution in [-0.4, -0.2) is 25.7 Å². The molecule has 5 nitrogen and oxygen atoms in total. The highest BCUT2D eigenvalue weighted by Crippen LogP contribution is 2.19. The van der Waals surface area contributed by atoms with E-state index in [1.807, 2.05) is 6.92 Å². The molecule has 0 aromatic heterocycles. The lowest BCUT2D eigenvalue weighted by atomic mass is 10.3. The molecule has 0 spiro atoms. The summed E-state index contributed by atoms with van der Waals surface area (Å²) in [6.45, 7) is 2.34. The molecular weight excluding hydrogens is 259 g/mol. The van der Waals surface area contributed by atoms with Gasteiger partial charge in [-0.05, 0) is 25.1 Å². The molecule has 0 aliphatic carbocycles. The molecule has 0 amide bonds. The lowest BCUT2D eigenvalue weighted by Crippen LogP contribution is -2.37. The molecule has 1 rings (SSSR count). The van der Waals surface area contributed by atoms with Crippen molar-refractivity contribution >= 4 is 23.2 Å². The lowest BCUT2D eigenvalue weighted by Gasteiger charge is -2.12. The standard InChI is InChI=1S/C11H16ClFN4O/c1-7(6-18-2)15-11(17-14)16-8-3-4-10(13)9(12)5-8/h3-5,7H,6,14H2,1-2H3,(H2,15,16,17). The maximum Gasteiger partial charge on any atom is 0.210 e. The molecule has 0 fully saturated rings. The lowest BCUT2D eigenvalue weighted by molar-refractivity contribution is 0.185. The fraction of sp³-hybridized carbons (Fsp3) is 0.364. The maximum atomic E-state index is 13.0. The number of nitrogens with zero attached hydrogens (tertiary/aromatic N) is 1. The molecule has 0 saturated carbocycles. The van der Waals surface area contributed by atoms with Crippen molar-refractivity contribution in [2.24, 2.45) is 10.8 Å². The van der Waals surface area contributed by atoms with E-state index >= 15 is 0 Å². The van der Waals surface area contributed by atoms with Gasteiger partial charge in [0.05, 0.1) is 17.7 Å². The summed E-state index contributed by atoms with van der Waals surface area (Å²) in [4.78, 5) is 4.24. The van der Waals surface area contributed by atoms with Gasteiger partial charge < -0.3 is 10.1 Å². The van der Waals surface area contributed by atoms with Crippen LogP contribution in [0.15, 0.2) is 23.2 Å². The predicted molar refractivity (Wildman–Crippen MR) is 71.1 cm³/mol. The second-order valence-electron chi connectivity index (χ2n) is 3.68. The van der Waals surface area contributed by atoms with Gasteiger partial charge >= 0.3 is 0 Å². The number of anilines is 1. The highest BCUT2D eigenvalue weighted by Gasteiger charge is 2.05. The molecule has 0 aliphatic heterocycles. The number of rotatable bonds is 4. The zero-order chi connectivity index (χ0) is 13.5. The van der Waals surface area contributed by atoms with Crippen molar-refractivity contribution in [2.45, 2.75) is 13.0 Å². The minimum atomic E-state index is -0.478. The van der Waals surface area contributed by atoms with Crippen LogP contribution in [0.25, 0.3) is 0 Å². The van der Waals surface area contributed by atoms with Gasteiger partial charge in [0.15, 0.2) is 0 Å². The molecule has 0 aliphatic rings. The summed E-state index contributed by atoms with van der Waals surface area (Å²) < 4.78 is 17.9. The number of hydrazine groups is 1. The van der Waals surface area contributed by atoms with Gasteiger partial charge in [0.2, 0.25) is 5.96 Å². The van der Waals surface area contributed by atoms with Crippen LogP contribution < -0.4 is 16.6 Å². The third kappa shape index (κ3) is 4.48. The van der Waals surface area contributed by atoms with Crippen molar-refractivity contribution in [3.63, 3.8) is 0 Å². The zero-order valence-corrected chi connectivity index (χ0v) is 11.0. The van der Waals surface area contributed by atoms with Gasteiger partial charge in [-0.3, -0.25) is 5.43 Å². The molecule has 0 heterocycles. The van der Waals surface area contributed by atoms with Gasteiger partial charge in [0.25, 0.3) is 0 Å². The summed E-state index contributed by atoms with van der Waals surface area (Å²) in [6.07, 6.45) is 0. The number of nitrogens with two attached hydrogens (primary N) is 1. The average Bonchev–Trinajstić information content (AvgIpc) is 2.33. The van der Waals surface area contributed by atoms with E-state index in [-0.39, 0.29) is 11.1 Å². The van der Waals surface area contributed by atoms with Gasteiger partial charge in [0.1, 0.15) is 5.82 Å². The summed E-state index contributed by atoms with van der Waals surface area (Å²) in [5.41, 5.74) is 3.01. The largest absolute Gasteiger partial charge is 0.382 e. The number of halogens is 2. The Bertz CT molecular complexity index is 428. The predicted octanol–water partition coefficient (Wildman–Crippen LogP) is 1.75. The van der Waals surface area contributed by atoms with E-state index in [1.165, 1.54) is 18.2 Å². The van der Waals surface area contributed by atoms with Gasteiger partial charge in [-0.1, -0.05) is 11.6 Å². The number of methoxy groups -OCH3 is 1. The van der Waals surface area contributed by atoms with Crippen LogP contribution in [0.3, 0.4) is 0 Å². The third-order valence-corrected chi connectivity index (χ3v) is 2.37. The second kappa shape index (κ2) is 7.15. The van der Waals surface area contributed by atoms with Gasteiger partial charge in [-0.25, -0.2) is 15.2 Å². The smallest absolute Gasteiger partial charge is 0.210 e. The molecule has 1 aromatic carbocycles. The van der Waals surface area contributed by atoms with Gasteiger partial charge in [0, 0.05) is 12.8 Å². The van der Waals surface area contributed by atoms with Crippen molar-refractivity contribution in [1.29, 1.82) is 0 Å². The van der Waals surface area contributed by atoms with Crippen LogP contribution in [0.5, 0.6) is 0 Å². The van der Waals surface area contributed by atoms with Crippen molar-refractivity contribution in [2.75, 3.05) is 19.0 Å².